The summed E-state index contributed by atoms with van der Waals surface area (Å²) in [6.07, 6.45) is 4.26. The Morgan fingerprint density at radius 2 is 2.06 bits per heavy atom. The Bertz CT molecular complexity index is 500. The number of furan rings is 1. The summed E-state index contributed by atoms with van der Waals surface area (Å²) in [5.41, 5.74) is 2.26. The predicted octanol–water partition coefficient (Wildman–Crippen LogP) is 3.55. The summed E-state index contributed by atoms with van der Waals surface area (Å²) in [4.78, 5) is 0. The molecule has 1 saturated heterocycles. The monoisotopic (exact) mass is 235 g/mol. The minimum atomic E-state index is 0.612. The minimum Gasteiger partial charge on any atom is -0.464 e. The Labute approximate surface area is 99.6 Å². The Morgan fingerprint density at radius 1 is 1.25 bits per heavy atom. The van der Waals surface area contributed by atoms with Gasteiger partial charge in [0.2, 0.25) is 0 Å². The first kappa shape index (κ1) is 10.2. The van der Waals surface area contributed by atoms with Crippen molar-refractivity contribution in [3.05, 3.63) is 35.0 Å². The minimum absolute atomic E-state index is 0.612. The van der Waals surface area contributed by atoms with Gasteiger partial charge in [0.15, 0.2) is 0 Å². The highest BCUT2D eigenvalue weighted by Crippen LogP contribution is 2.34. The van der Waals surface area contributed by atoms with Crippen molar-refractivity contribution in [1.82, 2.24) is 5.32 Å². The van der Waals surface area contributed by atoms with Gasteiger partial charge in [0.1, 0.15) is 5.58 Å². The maximum atomic E-state index is 6.03. The van der Waals surface area contributed by atoms with Gasteiger partial charge in [-0.2, -0.15) is 0 Å². The predicted molar refractivity (Wildman–Crippen MR) is 66.1 cm³/mol. The van der Waals surface area contributed by atoms with Crippen LogP contribution < -0.4 is 5.32 Å². The van der Waals surface area contributed by atoms with Crippen molar-refractivity contribution in [2.75, 3.05) is 13.1 Å². The van der Waals surface area contributed by atoms with Gasteiger partial charge in [-0.25, -0.2) is 0 Å². The van der Waals surface area contributed by atoms with E-state index in [9.17, 15) is 0 Å². The van der Waals surface area contributed by atoms with Crippen molar-refractivity contribution in [3.8, 4) is 0 Å². The van der Waals surface area contributed by atoms with Crippen molar-refractivity contribution >= 4 is 22.6 Å². The lowest BCUT2D eigenvalue weighted by Crippen LogP contribution is -2.26. The molecule has 1 aromatic heterocycles. The summed E-state index contributed by atoms with van der Waals surface area (Å²) in [5.74, 6) is 0.612. The van der Waals surface area contributed by atoms with E-state index in [0.29, 0.717) is 5.92 Å². The van der Waals surface area contributed by atoms with Crippen LogP contribution in [-0.4, -0.2) is 13.1 Å². The molecule has 1 fully saturated rings. The largest absolute Gasteiger partial charge is 0.464 e. The van der Waals surface area contributed by atoms with Crippen LogP contribution in [0.5, 0.6) is 0 Å². The zero-order valence-electron chi connectivity index (χ0n) is 9.00. The molecule has 0 bridgehead atoms. The maximum Gasteiger partial charge on any atom is 0.134 e. The fraction of sp³-hybridized carbons (Fsp3) is 0.385. The van der Waals surface area contributed by atoms with Crippen LogP contribution in [0.2, 0.25) is 5.02 Å². The van der Waals surface area contributed by atoms with Crippen LogP contribution in [0.25, 0.3) is 11.0 Å². The number of hydrogen-bond donors (Lipinski definition) is 1. The van der Waals surface area contributed by atoms with Gasteiger partial charge >= 0.3 is 0 Å². The van der Waals surface area contributed by atoms with E-state index in [1.165, 1.54) is 23.8 Å². The molecule has 1 aliphatic heterocycles. The van der Waals surface area contributed by atoms with Gasteiger partial charge in [-0.15, -0.1) is 0 Å². The van der Waals surface area contributed by atoms with E-state index in [4.69, 9.17) is 16.0 Å². The average molecular weight is 236 g/mol. The van der Waals surface area contributed by atoms with Crippen molar-refractivity contribution in [3.63, 3.8) is 0 Å². The fourth-order valence-corrected chi connectivity index (χ4v) is 2.64. The molecule has 2 aromatic rings. The zero-order valence-corrected chi connectivity index (χ0v) is 9.76. The van der Waals surface area contributed by atoms with Crippen LogP contribution in [-0.2, 0) is 0 Å². The highest BCUT2D eigenvalue weighted by molar-refractivity contribution is 6.31. The Hall–Kier alpha value is -0.990. The average Bonchev–Trinajstić information content (AvgIpc) is 2.73. The second-order valence-electron chi connectivity index (χ2n) is 4.36. The van der Waals surface area contributed by atoms with Crippen molar-refractivity contribution in [2.45, 2.75) is 18.8 Å². The molecular weight excluding hydrogens is 222 g/mol. The molecule has 0 aliphatic carbocycles. The van der Waals surface area contributed by atoms with Gasteiger partial charge in [0, 0.05) is 16.0 Å². The van der Waals surface area contributed by atoms with Crippen LogP contribution >= 0.6 is 11.6 Å². The first-order valence-electron chi connectivity index (χ1n) is 5.72. The van der Waals surface area contributed by atoms with Crippen molar-refractivity contribution in [2.24, 2.45) is 0 Å². The lowest BCUT2D eigenvalue weighted by Gasteiger charge is -2.21. The molecule has 0 radical (unpaired) electrons. The van der Waals surface area contributed by atoms with Gasteiger partial charge in [0.25, 0.3) is 0 Å². The van der Waals surface area contributed by atoms with Gasteiger partial charge in [-0.3, -0.25) is 0 Å². The first-order valence-corrected chi connectivity index (χ1v) is 6.10. The van der Waals surface area contributed by atoms with Crippen LogP contribution in [0.3, 0.4) is 0 Å². The molecule has 2 heterocycles. The number of benzene rings is 1. The van der Waals surface area contributed by atoms with Crippen LogP contribution in [0.4, 0.5) is 0 Å². The Kier molecular flexibility index (Phi) is 2.62. The molecule has 0 spiro atoms. The molecule has 0 amide bonds. The standard InChI is InChI=1S/C13H14ClNO/c14-10-1-2-13-11(7-10)12(8-16-13)9-3-5-15-6-4-9/h1-2,7-9,15H,3-6H2. The number of halogens is 1. The molecule has 1 N–H and O–H groups in total. The molecule has 3 heteroatoms. The number of rotatable bonds is 1. The zero-order chi connectivity index (χ0) is 11.0. The van der Waals surface area contributed by atoms with Crippen LogP contribution in [0, 0.1) is 0 Å². The summed E-state index contributed by atoms with van der Waals surface area (Å²) in [6, 6.07) is 5.83. The number of hydrogen-bond acceptors (Lipinski definition) is 2. The topological polar surface area (TPSA) is 25.2 Å². The van der Waals surface area contributed by atoms with Crippen molar-refractivity contribution < 1.29 is 4.42 Å². The second kappa shape index (κ2) is 4.11. The molecule has 1 aromatic carbocycles. The summed E-state index contributed by atoms with van der Waals surface area (Å²) in [7, 11) is 0. The molecule has 0 atom stereocenters. The molecule has 0 saturated carbocycles. The molecule has 16 heavy (non-hydrogen) atoms. The quantitative estimate of drug-likeness (QED) is 0.818. The number of piperidine rings is 1. The van der Waals surface area contributed by atoms with E-state index >= 15 is 0 Å². The highest BCUT2D eigenvalue weighted by Gasteiger charge is 2.19. The summed E-state index contributed by atoms with van der Waals surface area (Å²) >= 11 is 6.03. The Morgan fingerprint density at radius 3 is 2.88 bits per heavy atom. The van der Waals surface area contributed by atoms with Gasteiger partial charge < -0.3 is 9.73 Å². The van der Waals surface area contributed by atoms with E-state index in [1.54, 1.807) is 0 Å². The highest BCUT2D eigenvalue weighted by atomic mass is 35.5. The number of fused-ring (bicyclic) bond motifs is 1. The third kappa shape index (κ3) is 1.72. The molecule has 0 unspecified atom stereocenters. The molecule has 84 valence electrons. The SMILES string of the molecule is Clc1ccc2occ(C3CCNCC3)c2c1. The summed E-state index contributed by atoms with van der Waals surface area (Å²) in [6.45, 7) is 2.19. The number of nitrogens with one attached hydrogen (secondary N) is 1. The van der Waals surface area contributed by atoms with E-state index in [2.05, 4.69) is 5.32 Å². The maximum absolute atomic E-state index is 6.03. The molecule has 2 nitrogen and oxygen atoms in total. The van der Waals surface area contributed by atoms with E-state index in [-0.39, 0.29) is 0 Å². The van der Waals surface area contributed by atoms with Gasteiger partial charge in [-0.05, 0) is 50.0 Å². The molecule has 1 aliphatic rings. The van der Waals surface area contributed by atoms with Crippen LogP contribution in [0.15, 0.2) is 28.9 Å². The Balaban J connectivity index is 2.05. The first-order chi connectivity index (χ1) is 7.84. The van der Waals surface area contributed by atoms with E-state index in [0.717, 1.165) is 23.7 Å². The second-order valence-corrected chi connectivity index (χ2v) is 4.79. The normalized spacial score (nSPS) is 18.1. The fourth-order valence-electron chi connectivity index (χ4n) is 2.47. The molecular formula is C13H14ClNO. The smallest absolute Gasteiger partial charge is 0.134 e. The summed E-state index contributed by atoms with van der Waals surface area (Å²) in [5, 5.41) is 5.34. The third-order valence-electron chi connectivity index (χ3n) is 3.34. The van der Waals surface area contributed by atoms with Crippen LogP contribution in [0.1, 0.15) is 24.3 Å². The van der Waals surface area contributed by atoms with Crippen molar-refractivity contribution in [1.29, 1.82) is 0 Å². The molecule has 3 rings (SSSR count). The summed E-state index contributed by atoms with van der Waals surface area (Å²) < 4.78 is 5.58. The van der Waals surface area contributed by atoms with Gasteiger partial charge in [0.05, 0.1) is 6.26 Å². The van der Waals surface area contributed by atoms with Gasteiger partial charge in [-0.1, -0.05) is 11.6 Å². The third-order valence-corrected chi connectivity index (χ3v) is 3.58. The lowest BCUT2D eigenvalue weighted by molar-refractivity contribution is 0.457. The van der Waals surface area contributed by atoms with E-state index < -0.39 is 0 Å². The van der Waals surface area contributed by atoms with E-state index in [1.807, 2.05) is 24.5 Å². The lowest BCUT2D eigenvalue weighted by atomic mass is 9.90.